The number of rotatable bonds is 2. The molecule has 0 aliphatic carbocycles. The van der Waals surface area contributed by atoms with Crippen molar-refractivity contribution in [3.05, 3.63) is 42.6 Å². The maximum absolute atomic E-state index is 5.45. The Labute approximate surface area is 86.4 Å². The fraction of sp³-hybridized carbons (Fsp3) is 0. The summed E-state index contributed by atoms with van der Waals surface area (Å²) in [6.45, 7) is 0. The summed E-state index contributed by atoms with van der Waals surface area (Å²) in [5.41, 5.74) is 6.22. The number of imidazole rings is 1. The molecule has 0 amide bonds. The zero-order valence-corrected chi connectivity index (χ0v) is 8.11. The van der Waals surface area contributed by atoms with Crippen LogP contribution in [0.5, 0.6) is 0 Å². The summed E-state index contributed by atoms with van der Waals surface area (Å²) in [5, 5.41) is 0. The van der Waals surface area contributed by atoms with E-state index in [1.165, 1.54) is 0 Å². The topological polar surface area (TPSA) is 56.7 Å². The lowest BCUT2D eigenvalue weighted by atomic mass is 10.3. The first-order valence-corrected chi connectivity index (χ1v) is 4.42. The molecule has 70 valence electrons. The molecule has 0 radical (unpaired) electrons. The second kappa shape index (κ2) is 3.55. The zero-order valence-electron chi connectivity index (χ0n) is 7.29. The number of hydrogen-bond donors (Lipinski definition) is 1. The van der Waals surface area contributed by atoms with Crippen molar-refractivity contribution in [2.45, 2.75) is 0 Å². The Balaban J connectivity index is 2.36. The van der Waals surface area contributed by atoms with Gasteiger partial charge in [-0.3, -0.25) is 4.57 Å². The molecular weight excluding hydrogens is 196 g/mol. The smallest absolute Gasteiger partial charge is 0.137 e. The summed E-state index contributed by atoms with van der Waals surface area (Å²) in [5.74, 6) is 0.794. The minimum atomic E-state index is 0.356. The van der Waals surface area contributed by atoms with Crippen molar-refractivity contribution < 1.29 is 0 Å². The minimum Gasteiger partial charge on any atom is -0.389 e. The second-order valence-electron chi connectivity index (χ2n) is 2.74. The summed E-state index contributed by atoms with van der Waals surface area (Å²) in [6, 6.07) is 3.68. The third kappa shape index (κ3) is 1.62. The van der Waals surface area contributed by atoms with Crippen molar-refractivity contribution in [1.29, 1.82) is 0 Å². The summed E-state index contributed by atoms with van der Waals surface area (Å²) in [7, 11) is 0. The Morgan fingerprint density at radius 3 is 2.79 bits per heavy atom. The Kier molecular flexibility index (Phi) is 2.24. The van der Waals surface area contributed by atoms with Crippen LogP contribution in [-0.2, 0) is 0 Å². The van der Waals surface area contributed by atoms with E-state index in [1.807, 2.05) is 22.9 Å². The largest absolute Gasteiger partial charge is 0.389 e. The SMILES string of the molecule is NC(=S)c1ccc(-n2ccnc2)nc1. The van der Waals surface area contributed by atoms with Crippen LogP contribution in [-0.4, -0.2) is 19.5 Å². The Morgan fingerprint density at radius 1 is 1.43 bits per heavy atom. The third-order valence-corrected chi connectivity index (χ3v) is 2.04. The number of thiocarbonyl (C=S) groups is 1. The fourth-order valence-corrected chi connectivity index (χ4v) is 1.20. The van der Waals surface area contributed by atoms with Crippen molar-refractivity contribution in [2.24, 2.45) is 5.73 Å². The van der Waals surface area contributed by atoms with Gasteiger partial charge in [0.2, 0.25) is 0 Å². The molecule has 4 nitrogen and oxygen atoms in total. The molecule has 0 atom stereocenters. The van der Waals surface area contributed by atoms with Gasteiger partial charge in [-0.2, -0.15) is 0 Å². The van der Waals surface area contributed by atoms with Gasteiger partial charge < -0.3 is 5.73 Å². The van der Waals surface area contributed by atoms with Crippen molar-refractivity contribution >= 4 is 17.2 Å². The van der Waals surface area contributed by atoms with E-state index < -0.39 is 0 Å². The average molecular weight is 204 g/mol. The van der Waals surface area contributed by atoms with Gasteiger partial charge in [0.25, 0.3) is 0 Å². The van der Waals surface area contributed by atoms with Crippen LogP contribution in [0.3, 0.4) is 0 Å². The highest BCUT2D eigenvalue weighted by Crippen LogP contribution is 2.04. The van der Waals surface area contributed by atoms with Gasteiger partial charge >= 0.3 is 0 Å². The zero-order chi connectivity index (χ0) is 9.97. The number of pyridine rings is 1. The lowest BCUT2D eigenvalue weighted by Crippen LogP contribution is -2.09. The van der Waals surface area contributed by atoms with Crippen molar-refractivity contribution in [3.8, 4) is 5.82 Å². The van der Waals surface area contributed by atoms with Gasteiger partial charge in [0.05, 0.1) is 0 Å². The summed E-state index contributed by atoms with van der Waals surface area (Å²) >= 11 is 4.82. The van der Waals surface area contributed by atoms with Crippen molar-refractivity contribution in [2.75, 3.05) is 0 Å². The van der Waals surface area contributed by atoms with Crippen LogP contribution in [0.25, 0.3) is 5.82 Å². The van der Waals surface area contributed by atoms with Gasteiger partial charge in [-0.1, -0.05) is 12.2 Å². The Hall–Kier alpha value is -1.75. The van der Waals surface area contributed by atoms with Crippen LogP contribution >= 0.6 is 12.2 Å². The first-order valence-electron chi connectivity index (χ1n) is 4.01. The number of nitrogens with zero attached hydrogens (tertiary/aromatic N) is 3. The molecule has 0 unspecified atom stereocenters. The van der Waals surface area contributed by atoms with Gasteiger partial charge in [0.1, 0.15) is 17.1 Å². The van der Waals surface area contributed by atoms with Crippen LogP contribution in [0.2, 0.25) is 0 Å². The number of aromatic nitrogens is 3. The van der Waals surface area contributed by atoms with Gasteiger partial charge in [0.15, 0.2) is 0 Å². The molecule has 5 heteroatoms. The van der Waals surface area contributed by atoms with Gasteiger partial charge in [0, 0.05) is 24.2 Å². The highest BCUT2D eigenvalue weighted by Gasteiger charge is 1.98. The summed E-state index contributed by atoms with van der Waals surface area (Å²) in [6.07, 6.45) is 6.85. The number of hydrogen-bond acceptors (Lipinski definition) is 3. The summed E-state index contributed by atoms with van der Waals surface area (Å²) < 4.78 is 1.81. The highest BCUT2D eigenvalue weighted by atomic mass is 32.1. The molecule has 14 heavy (non-hydrogen) atoms. The molecule has 0 spiro atoms. The van der Waals surface area contributed by atoms with Crippen molar-refractivity contribution in [1.82, 2.24) is 14.5 Å². The molecule has 2 N–H and O–H groups in total. The molecule has 2 heterocycles. The lowest BCUT2D eigenvalue weighted by molar-refractivity contribution is 0.992. The van der Waals surface area contributed by atoms with Gasteiger partial charge in [-0.25, -0.2) is 9.97 Å². The van der Waals surface area contributed by atoms with E-state index in [9.17, 15) is 0 Å². The fourth-order valence-electron chi connectivity index (χ4n) is 1.08. The summed E-state index contributed by atoms with van der Waals surface area (Å²) in [4.78, 5) is 8.48. The van der Waals surface area contributed by atoms with E-state index >= 15 is 0 Å². The second-order valence-corrected chi connectivity index (χ2v) is 3.18. The van der Waals surface area contributed by atoms with Crippen LogP contribution in [0, 0.1) is 0 Å². The number of nitrogens with two attached hydrogens (primary N) is 1. The molecule has 0 bridgehead atoms. The van der Waals surface area contributed by atoms with E-state index in [1.54, 1.807) is 18.7 Å². The van der Waals surface area contributed by atoms with Gasteiger partial charge in [-0.05, 0) is 12.1 Å². The molecule has 0 aliphatic rings. The van der Waals surface area contributed by atoms with E-state index in [0.29, 0.717) is 4.99 Å². The molecule has 2 aromatic rings. The molecule has 0 aliphatic heterocycles. The van der Waals surface area contributed by atoms with Gasteiger partial charge in [-0.15, -0.1) is 0 Å². The quantitative estimate of drug-likeness (QED) is 0.738. The lowest BCUT2D eigenvalue weighted by Gasteiger charge is -2.01. The predicted octanol–water partition coefficient (Wildman–Crippen LogP) is 0.901. The van der Waals surface area contributed by atoms with E-state index in [-0.39, 0.29) is 0 Å². The van der Waals surface area contributed by atoms with Crippen molar-refractivity contribution in [3.63, 3.8) is 0 Å². The molecule has 2 rings (SSSR count). The molecule has 2 aromatic heterocycles. The normalized spacial score (nSPS) is 10.0. The first kappa shape index (κ1) is 8.83. The Bertz CT molecular complexity index is 432. The standard InChI is InChI=1S/C9H8N4S/c10-9(14)7-1-2-8(12-5-7)13-4-3-11-6-13/h1-6H,(H2,10,14). The van der Waals surface area contributed by atoms with E-state index in [0.717, 1.165) is 11.4 Å². The maximum Gasteiger partial charge on any atom is 0.137 e. The maximum atomic E-state index is 5.45. The molecule has 0 aromatic carbocycles. The first-order chi connectivity index (χ1) is 6.77. The molecular formula is C9H8N4S. The monoisotopic (exact) mass is 204 g/mol. The van der Waals surface area contributed by atoms with Crippen LogP contribution in [0.1, 0.15) is 5.56 Å². The molecule has 0 saturated carbocycles. The van der Waals surface area contributed by atoms with Crippen LogP contribution in [0.4, 0.5) is 0 Å². The molecule has 0 fully saturated rings. The van der Waals surface area contributed by atoms with E-state index in [4.69, 9.17) is 18.0 Å². The third-order valence-electron chi connectivity index (χ3n) is 1.80. The van der Waals surface area contributed by atoms with Crippen LogP contribution < -0.4 is 5.73 Å². The van der Waals surface area contributed by atoms with E-state index in [2.05, 4.69) is 9.97 Å². The minimum absolute atomic E-state index is 0.356. The predicted molar refractivity (Wildman–Crippen MR) is 57.2 cm³/mol. The average Bonchev–Trinajstić information content (AvgIpc) is 2.71. The highest BCUT2D eigenvalue weighted by molar-refractivity contribution is 7.80. The Morgan fingerprint density at radius 2 is 2.29 bits per heavy atom. The van der Waals surface area contributed by atoms with Crippen LogP contribution in [0.15, 0.2) is 37.1 Å². The molecule has 0 saturated heterocycles.